The number of rotatable bonds is 8. The number of nitrogens with zero attached hydrogens (tertiary/aromatic N) is 2. The van der Waals surface area contributed by atoms with Crippen LogP contribution in [-0.2, 0) is 19.6 Å². The number of aliphatic imine (C=N–C) groups is 1. The number of carbonyl (C=O) groups is 3. The van der Waals surface area contributed by atoms with Crippen LogP contribution in [0.2, 0.25) is 0 Å². The first-order valence-electron chi connectivity index (χ1n) is 14.7. The van der Waals surface area contributed by atoms with Gasteiger partial charge in [-0.3, -0.25) is 14.9 Å². The van der Waals surface area contributed by atoms with Crippen LogP contribution in [0, 0.1) is 12.8 Å². The Hall–Kier alpha value is -4.38. The summed E-state index contributed by atoms with van der Waals surface area (Å²) in [5, 5.41) is 12.5. The fraction of sp³-hybridized carbons (Fsp3) is 0.467. The Kier molecular flexibility index (Phi) is 12.6. The van der Waals surface area contributed by atoms with E-state index in [0.29, 0.717) is 47.9 Å². The third-order valence-corrected chi connectivity index (χ3v) is 9.22. The first kappa shape index (κ1) is 37.1. The normalized spacial score (nSPS) is 16.0. The lowest BCUT2D eigenvalue weighted by Gasteiger charge is -2.25. The van der Waals surface area contributed by atoms with Crippen LogP contribution in [0.25, 0.3) is 0 Å². The molecule has 5 N–H and O–H groups in total. The highest BCUT2D eigenvalue weighted by molar-refractivity contribution is 7.89. The highest BCUT2D eigenvalue weighted by atomic mass is 32.2. The number of benzene rings is 2. The number of carboxylic acids is 1. The monoisotopic (exact) mass is 685 g/mol. The number of hydrogen-bond acceptors (Lipinski definition) is 8. The molecular weight excluding hydrogens is 647 g/mol. The molecule has 1 aliphatic heterocycles. The number of guanidine groups is 1. The summed E-state index contributed by atoms with van der Waals surface area (Å²) in [6.45, 7) is 2.62. The summed E-state index contributed by atoms with van der Waals surface area (Å²) >= 11 is 0. The molecule has 258 valence electrons. The van der Waals surface area contributed by atoms with Crippen LogP contribution in [-0.4, -0.2) is 81.1 Å². The molecular formula is C30H38F3N5O8S. The Bertz CT molecular complexity index is 1590. The van der Waals surface area contributed by atoms with Gasteiger partial charge < -0.3 is 25.6 Å². The number of carbonyl (C=O) groups excluding carboxylic acids is 2. The third kappa shape index (κ3) is 10.6. The molecule has 0 saturated heterocycles. The topological polar surface area (TPSA) is 190 Å². The number of aliphatic carboxylic acids is 1. The van der Waals surface area contributed by atoms with Gasteiger partial charge in [-0.05, 0) is 55.2 Å². The molecule has 0 aromatic heterocycles. The zero-order valence-electron chi connectivity index (χ0n) is 26.1. The molecule has 0 spiro atoms. The summed E-state index contributed by atoms with van der Waals surface area (Å²) in [5.74, 6) is -2.54. The van der Waals surface area contributed by atoms with Crippen molar-refractivity contribution in [2.45, 2.75) is 62.6 Å². The second-order valence-corrected chi connectivity index (χ2v) is 13.3. The number of anilines is 1. The summed E-state index contributed by atoms with van der Waals surface area (Å²) in [6.07, 6.45) is 0.680. The van der Waals surface area contributed by atoms with Gasteiger partial charge in [0.2, 0.25) is 15.9 Å². The zero-order valence-corrected chi connectivity index (χ0v) is 26.9. The maximum absolute atomic E-state index is 13.5. The van der Waals surface area contributed by atoms with Gasteiger partial charge in [0.05, 0.1) is 4.90 Å². The van der Waals surface area contributed by atoms with E-state index in [4.69, 9.17) is 25.1 Å². The first-order valence-corrected chi connectivity index (χ1v) is 16.1. The van der Waals surface area contributed by atoms with Crippen molar-refractivity contribution in [2.24, 2.45) is 16.6 Å². The molecule has 17 heteroatoms. The van der Waals surface area contributed by atoms with Crippen molar-refractivity contribution in [3.05, 3.63) is 47.5 Å². The smallest absolute Gasteiger partial charge is 0.486 e. The fourth-order valence-corrected chi connectivity index (χ4v) is 5.78. The van der Waals surface area contributed by atoms with Crippen molar-refractivity contribution in [3.63, 3.8) is 0 Å². The molecule has 1 heterocycles. The van der Waals surface area contributed by atoms with Gasteiger partial charge >= 0.3 is 12.1 Å². The third-order valence-electron chi connectivity index (χ3n) is 7.41. The predicted octanol–water partition coefficient (Wildman–Crippen LogP) is 3.67. The molecule has 0 unspecified atom stereocenters. The molecule has 1 saturated carbocycles. The molecule has 4 rings (SSSR count). The number of nitrogens with two attached hydrogens (primary N) is 1. The molecule has 47 heavy (non-hydrogen) atoms. The van der Waals surface area contributed by atoms with E-state index in [-0.39, 0.29) is 16.8 Å². The molecule has 2 amide bonds. The molecule has 1 aliphatic carbocycles. The molecule has 13 nitrogen and oxygen atoms in total. The molecule has 2 aliphatic rings. The summed E-state index contributed by atoms with van der Waals surface area (Å²) < 4.78 is 69.2. The largest absolute Gasteiger partial charge is 0.490 e. The van der Waals surface area contributed by atoms with Crippen molar-refractivity contribution >= 4 is 39.5 Å². The van der Waals surface area contributed by atoms with Crippen molar-refractivity contribution < 1.29 is 50.6 Å². The van der Waals surface area contributed by atoms with E-state index >= 15 is 0 Å². The van der Waals surface area contributed by atoms with Crippen LogP contribution < -0.4 is 25.8 Å². The number of ether oxygens (including phenoxy) is 2. The average molecular weight is 686 g/mol. The van der Waals surface area contributed by atoms with Crippen LogP contribution in [0.15, 0.2) is 46.3 Å². The highest BCUT2D eigenvalue weighted by Gasteiger charge is 2.38. The van der Waals surface area contributed by atoms with E-state index in [0.717, 1.165) is 36.4 Å². The van der Waals surface area contributed by atoms with Gasteiger partial charge in [-0.2, -0.15) is 13.2 Å². The van der Waals surface area contributed by atoms with E-state index in [1.165, 1.54) is 26.2 Å². The fourth-order valence-electron chi connectivity index (χ4n) is 4.85. The number of alkyl halides is 3. The quantitative estimate of drug-likeness (QED) is 0.237. The van der Waals surface area contributed by atoms with E-state index in [1.54, 1.807) is 31.2 Å². The number of hydrogen-bond donors (Lipinski definition) is 4. The molecule has 0 bridgehead atoms. The zero-order chi connectivity index (χ0) is 34.9. The molecule has 0 radical (unpaired) electrons. The van der Waals surface area contributed by atoms with Gasteiger partial charge in [0.1, 0.15) is 19.3 Å². The SMILES string of the molecule is Cc1ccc(S(=O)(=O)N(C)C)cc1NC(=O)[C@@H](CC1CCCCC1)N=C(N)NC(=O)c1ccc2c(c1)OCCO2.O=C(O)C(F)(F)F. The van der Waals surface area contributed by atoms with Crippen LogP contribution in [0.3, 0.4) is 0 Å². The molecule has 2 aromatic carbocycles. The minimum Gasteiger partial charge on any atom is -0.486 e. The average Bonchev–Trinajstić information content (AvgIpc) is 3.01. The van der Waals surface area contributed by atoms with Gasteiger partial charge in [0.25, 0.3) is 5.91 Å². The second kappa shape index (κ2) is 15.9. The Morgan fingerprint density at radius 1 is 1.04 bits per heavy atom. The summed E-state index contributed by atoms with van der Waals surface area (Å²) in [6, 6.07) is 8.54. The van der Waals surface area contributed by atoms with Gasteiger partial charge in [-0.1, -0.05) is 38.2 Å². The number of fused-ring (bicyclic) bond motifs is 1. The lowest BCUT2D eigenvalue weighted by Crippen LogP contribution is -2.40. The predicted molar refractivity (Wildman–Crippen MR) is 166 cm³/mol. The van der Waals surface area contributed by atoms with Crippen molar-refractivity contribution in [2.75, 3.05) is 32.6 Å². The Labute approximate surface area is 270 Å². The standard InChI is InChI=1S/C28H37N5O6S.C2HF3O2/c1-18-9-11-21(40(36,37)33(2)3)17-22(18)30-27(35)23(15-19-7-5-4-6-8-19)31-28(29)32-26(34)20-10-12-24-25(16-20)39-14-13-38-24;3-2(4,5)1(6)7/h9-12,16-17,19,23H,4-8,13-15H2,1-3H3,(H,30,35)(H3,29,31,32,34);(H,6,7)/t23-;/m1./s1. The van der Waals surface area contributed by atoms with Crippen molar-refractivity contribution in [1.82, 2.24) is 9.62 Å². The van der Waals surface area contributed by atoms with E-state index < -0.39 is 40.0 Å². The maximum Gasteiger partial charge on any atom is 0.490 e. The van der Waals surface area contributed by atoms with E-state index in [2.05, 4.69) is 15.6 Å². The number of nitrogens with one attached hydrogen (secondary N) is 2. The molecule has 1 atom stereocenters. The Balaban J connectivity index is 0.000000771. The van der Waals surface area contributed by atoms with Crippen LogP contribution >= 0.6 is 0 Å². The lowest BCUT2D eigenvalue weighted by atomic mass is 9.84. The number of sulfonamides is 1. The summed E-state index contributed by atoms with van der Waals surface area (Å²) in [5.41, 5.74) is 7.51. The van der Waals surface area contributed by atoms with Gasteiger partial charge in [0.15, 0.2) is 17.5 Å². The lowest BCUT2D eigenvalue weighted by molar-refractivity contribution is -0.192. The van der Waals surface area contributed by atoms with Gasteiger partial charge in [-0.25, -0.2) is 22.5 Å². The number of carboxylic acid groups (broad SMARTS) is 1. The number of aryl methyl sites for hydroxylation is 1. The highest BCUT2D eigenvalue weighted by Crippen LogP contribution is 2.31. The van der Waals surface area contributed by atoms with Gasteiger partial charge in [-0.15, -0.1) is 0 Å². The van der Waals surface area contributed by atoms with Gasteiger partial charge in [0, 0.05) is 25.3 Å². The number of halogens is 3. The molecule has 2 aromatic rings. The van der Waals surface area contributed by atoms with Crippen molar-refractivity contribution in [3.8, 4) is 11.5 Å². The van der Waals surface area contributed by atoms with E-state index in [9.17, 15) is 31.2 Å². The Morgan fingerprint density at radius 2 is 1.66 bits per heavy atom. The van der Waals surface area contributed by atoms with Crippen molar-refractivity contribution in [1.29, 1.82) is 0 Å². The summed E-state index contributed by atoms with van der Waals surface area (Å²) in [7, 11) is -0.792. The van der Waals surface area contributed by atoms with E-state index in [1.807, 2.05) is 0 Å². The minimum atomic E-state index is -5.08. The summed E-state index contributed by atoms with van der Waals surface area (Å²) in [4.78, 5) is 39.8. The van der Waals surface area contributed by atoms with Crippen LogP contribution in [0.1, 0.15) is 54.4 Å². The first-order chi connectivity index (χ1) is 22.0. The van der Waals surface area contributed by atoms with Crippen LogP contribution in [0.5, 0.6) is 11.5 Å². The number of amides is 2. The minimum absolute atomic E-state index is 0.0666. The second-order valence-electron chi connectivity index (χ2n) is 11.1. The maximum atomic E-state index is 13.5. The Morgan fingerprint density at radius 3 is 2.26 bits per heavy atom. The molecule has 1 fully saturated rings. The van der Waals surface area contributed by atoms with Crippen LogP contribution in [0.4, 0.5) is 18.9 Å².